The lowest BCUT2D eigenvalue weighted by Crippen LogP contribution is -2.39. The summed E-state index contributed by atoms with van der Waals surface area (Å²) >= 11 is 1.61. The molecule has 16 heavy (non-hydrogen) atoms. The molecule has 0 unspecified atom stereocenters. The molecular weight excluding hydrogens is 228 g/mol. The Morgan fingerprint density at radius 1 is 1.62 bits per heavy atom. The van der Waals surface area contributed by atoms with Gasteiger partial charge in [-0.3, -0.25) is 0 Å². The quantitative estimate of drug-likeness (QED) is 0.520. The van der Waals surface area contributed by atoms with Crippen LogP contribution in [-0.2, 0) is 14.3 Å². The minimum absolute atomic E-state index is 0.336. The minimum atomic E-state index is -0.696. The van der Waals surface area contributed by atoms with Gasteiger partial charge in [-0.15, -0.1) is 0 Å². The van der Waals surface area contributed by atoms with Gasteiger partial charge >= 0.3 is 11.9 Å². The van der Waals surface area contributed by atoms with Gasteiger partial charge in [-0.05, 0) is 37.8 Å². The van der Waals surface area contributed by atoms with Crippen LogP contribution in [0.3, 0.4) is 0 Å². The van der Waals surface area contributed by atoms with Crippen molar-refractivity contribution in [3.63, 3.8) is 0 Å². The van der Waals surface area contributed by atoms with Crippen LogP contribution in [0.5, 0.6) is 0 Å². The van der Waals surface area contributed by atoms with E-state index in [0.717, 1.165) is 25.1 Å². The third-order valence-corrected chi connectivity index (χ3v) is 3.13. The Morgan fingerprint density at radius 2 is 2.38 bits per heavy atom. The number of esters is 2. The number of hydrogen-bond donors (Lipinski definition) is 2. The molecule has 0 aromatic carbocycles. The number of nitrogens with two attached hydrogens (primary N) is 1. The molecule has 0 amide bonds. The van der Waals surface area contributed by atoms with Crippen molar-refractivity contribution in [1.29, 1.82) is 0 Å². The summed E-state index contributed by atoms with van der Waals surface area (Å²) in [5, 5.41) is 2.97. The first-order valence-electron chi connectivity index (χ1n) is 5.38. The highest BCUT2D eigenvalue weighted by Crippen LogP contribution is 2.08. The van der Waals surface area contributed by atoms with Gasteiger partial charge in [-0.25, -0.2) is 9.59 Å². The molecule has 0 aliphatic carbocycles. The zero-order valence-electron chi connectivity index (χ0n) is 9.40. The Labute approximate surface area is 99.5 Å². The van der Waals surface area contributed by atoms with Crippen molar-refractivity contribution in [2.24, 2.45) is 5.73 Å². The van der Waals surface area contributed by atoms with E-state index in [9.17, 15) is 9.59 Å². The van der Waals surface area contributed by atoms with Crippen molar-refractivity contribution in [1.82, 2.24) is 5.32 Å². The van der Waals surface area contributed by atoms with Crippen LogP contribution >= 0.6 is 11.8 Å². The van der Waals surface area contributed by atoms with Crippen LogP contribution in [0.1, 0.15) is 19.3 Å². The SMILES string of the molecule is CSCC[C@H](N)C(=O)OC(=O)[C@@H]1CCCN1. The topological polar surface area (TPSA) is 81.4 Å². The maximum Gasteiger partial charge on any atom is 0.330 e. The highest BCUT2D eigenvalue weighted by atomic mass is 32.2. The molecule has 1 rings (SSSR count). The Morgan fingerprint density at radius 3 is 2.94 bits per heavy atom. The van der Waals surface area contributed by atoms with Crippen molar-refractivity contribution >= 4 is 23.7 Å². The standard InChI is InChI=1S/C10H18N2O3S/c1-16-6-4-7(11)9(13)15-10(14)8-3-2-5-12-8/h7-8,12H,2-6,11H2,1H3/t7-,8-/m0/s1. The number of nitrogens with one attached hydrogen (secondary N) is 1. The van der Waals surface area contributed by atoms with Crippen LogP contribution < -0.4 is 11.1 Å². The van der Waals surface area contributed by atoms with Gasteiger partial charge in [0.05, 0.1) is 0 Å². The van der Waals surface area contributed by atoms with Gasteiger partial charge in [-0.1, -0.05) is 0 Å². The van der Waals surface area contributed by atoms with Gasteiger partial charge < -0.3 is 15.8 Å². The highest BCUT2D eigenvalue weighted by Gasteiger charge is 2.27. The molecule has 6 heteroatoms. The molecular formula is C10H18N2O3S. The average Bonchev–Trinajstić information content (AvgIpc) is 2.79. The molecule has 92 valence electrons. The van der Waals surface area contributed by atoms with Crippen LogP contribution in [0, 0.1) is 0 Å². The fourth-order valence-corrected chi connectivity index (χ4v) is 1.98. The molecule has 1 saturated heterocycles. The number of carbonyl (C=O) groups is 2. The highest BCUT2D eigenvalue weighted by molar-refractivity contribution is 7.98. The molecule has 0 bridgehead atoms. The second-order valence-electron chi connectivity index (χ2n) is 3.78. The van der Waals surface area contributed by atoms with Gasteiger partial charge in [0.2, 0.25) is 0 Å². The summed E-state index contributed by atoms with van der Waals surface area (Å²) in [6.07, 6.45) is 4.13. The van der Waals surface area contributed by atoms with Gasteiger partial charge in [0.1, 0.15) is 12.1 Å². The van der Waals surface area contributed by atoms with Crippen LogP contribution in [0.4, 0.5) is 0 Å². The fourth-order valence-electron chi connectivity index (χ4n) is 1.49. The molecule has 0 aromatic heterocycles. The number of thioether (sulfide) groups is 1. The number of carbonyl (C=O) groups excluding carboxylic acids is 2. The summed E-state index contributed by atoms with van der Waals surface area (Å²) in [5.74, 6) is -0.332. The first kappa shape index (κ1) is 13.5. The Balaban J connectivity index is 2.29. The molecule has 0 spiro atoms. The van der Waals surface area contributed by atoms with E-state index < -0.39 is 18.0 Å². The van der Waals surface area contributed by atoms with Crippen molar-refractivity contribution in [3.05, 3.63) is 0 Å². The maximum absolute atomic E-state index is 11.5. The van der Waals surface area contributed by atoms with Crippen molar-refractivity contribution in [2.45, 2.75) is 31.3 Å². The molecule has 1 heterocycles. The summed E-state index contributed by atoms with van der Waals surface area (Å²) < 4.78 is 4.72. The first-order chi connectivity index (χ1) is 7.65. The summed E-state index contributed by atoms with van der Waals surface area (Å²) in [7, 11) is 0. The smallest absolute Gasteiger partial charge is 0.330 e. The van der Waals surface area contributed by atoms with Crippen molar-refractivity contribution < 1.29 is 14.3 Å². The lowest BCUT2D eigenvalue weighted by atomic mass is 10.2. The largest absolute Gasteiger partial charge is 0.391 e. The third-order valence-electron chi connectivity index (χ3n) is 2.48. The van der Waals surface area contributed by atoms with Crippen LogP contribution in [-0.4, -0.2) is 42.6 Å². The van der Waals surface area contributed by atoms with Gasteiger partial charge in [0.25, 0.3) is 0 Å². The average molecular weight is 246 g/mol. The normalized spacial score (nSPS) is 21.8. The van der Waals surface area contributed by atoms with Crippen LogP contribution in [0.2, 0.25) is 0 Å². The summed E-state index contributed by atoms with van der Waals surface area (Å²) in [4.78, 5) is 22.9. The van der Waals surface area contributed by atoms with Crippen LogP contribution in [0.25, 0.3) is 0 Å². The van der Waals surface area contributed by atoms with E-state index in [-0.39, 0.29) is 6.04 Å². The lowest BCUT2D eigenvalue weighted by molar-refractivity contribution is -0.161. The van der Waals surface area contributed by atoms with E-state index in [2.05, 4.69) is 5.32 Å². The zero-order chi connectivity index (χ0) is 12.0. The van der Waals surface area contributed by atoms with E-state index in [1.54, 1.807) is 11.8 Å². The third kappa shape index (κ3) is 4.11. The van der Waals surface area contributed by atoms with E-state index >= 15 is 0 Å². The van der Waals surface area contributed by atoms with Gasteiger partial charge in [0, 0.05) is 0 Å². The van der Waals surface area contributed by atoms with E-state index in [0.29, 0.717) is 6.42 Å². The van der Waals surface area contributed by atoms with E-state index in [1.807, 2.05) is 6.26 Å². The Hall–Kier alpha value is -0.590. The molecule has 5 nitrogen and oxygen atoms in total. The second-order valence-corrected chi connectivity index (χ2v) is 4.76. The zero-order valence-corrected chi connectivity index (χ0v) is 10.2. The summed E-state index contributed by atoms with van der Waals surface area (Å²) in [5.41, 5.74) is 5.59. The maximum atomic E-state index is 11.5. The summed E-state index contributed by atoms with van der Waals surface area (Å²) in [6.45, 7) is 0.798. The molecule has 0 radical (unpaired) electrons. The first-order valence-corrected chi connectivity index (χ1v) is 6.78. The molecule has 1 aliphatic rings. The van der Waals surface area contributed by atoms with Crippen LogP contribution in [0.15, 0.2) is 0 Å². The van der Waals surface area contributed by atoms with E-state index in [4.69, 9.17) is 10.5 Å². The molecule has 0 saturated carbocycles. The number of rotatable bonds is 5. The molecule has 2 atom stereocenters. The van der Waals surface area contributed by atoms with Gasteiger partial charge in [-0.2, -0.15) is 11.8 Å². The summed E-state index contributed by atoms with van der Waals surface area (Å²) in [6, 6.07) is -1.03. The van der Waals surface area contributed by atoms with E-state index in [1.165, 1.54) is 0 Å². The minimum Gasteiger partial charge on any atom is -0.391 e. The Kier molecular flexibility index (Phi) is 5.79. The lowest BCUT2D eigenvalue weighted by Gasteiger charge is -2.12. The molecule has 1 fully saturated rings. The van der Waals surface area contributed by atoms with Gasteiger partial charge in [0.15, 0.2) is 0 Å². The molecule has 3 N–H and O–H groups in total. The number of ether oxygens (including phenoxy) is 1. The monoisotopic (exact) mass is 246 g/mol. The van der Waals surface area contributed by atoms with Crippen molar-refractivity contribution in [3.8, 4) is 0 Å². The fraction of sp³-hybridized carbons (Fsp3) is 0.800. The number of hydrogen-bond acceptors (Lipinski definition) is 6. The Bertz CT molecular complexity index is 254. The van der Waals surface area contributed by atoms with Crippen molar-refractivity contribution in [2.75, 3.05) is 18.6 Å². The molecule has 1 aliphatic heterocycles. The molecule has 0 aromatic rings. The second kappa shape index (κ2) is 6.88. The predicted octanol–water partition coefficient (Wildman–Crippen LogP) is -0.111. The predicted molar refractivity (Wildman–Crippen MR) is 63.1 cm³/mol.